The van der Waals surface area contributed by atoms with E-state index in [9.17, 15) is 0 Å². The van der Waals surface area contributed by atoms with E-state index in [0.29, 0.717) is 0 Å². The van der Waals surface area contributed by atoms with E-state index < -0.39 is 0 Å². The maximum absolute atomic E-state index is 3.56. The van der Waals surface area contributed by atoms with Crippen LogP contribution >= 0.6 is 11.8 Å². The van der Waals surface area contributed by atoms with Gasteiger partial charge in [-0.25, -0.2) is 0 Å². The molecule has 0 radical (unpaired) electrons. The predicted octanol–water partition coefficient (Wildman–Crippen LogP) is 2.20. The zero-order valence-electron chi connectivity index (χ0n) is 10.5. The highest BCUT2D eigenvalue weighted by Crippen LogP contribution is 2.17. The lowest BCUT2D eigenvalue weighted by Gasteiger charge is -2.32. The van der Waals surface area contributed by atoms with Gasteiger partial charge in [0.2, 0.25) is 0 Å². The summed E-state index contributed by atoms with van der Waals surface area (Å²) in [6, 6.07) is 0.829. The maximum atomic E-state index is 3.56. The first-order valence-electron chi connectivity index (χ1n) is 6.17. The van der Waals surface area contributed by atoms with Gasteiger partial charge in [-0.3, -0.25) is 0 Å². The Balaban J connectivity index is 2.03. The van der Waals surface area contributed by atoms with Crippen molar-refractivity contribution in [1.82, 2.24) is 10.2 Å². The van der Waals surface area contributed by atoms with Gasteiger partial charge in [0.25, 0.3) is 0 Å². The molecule has 0 aromatic rings. The summed E-state index contributed by atoms with van der Waals surface area (Å²) in [6.07, 6.45) is 7.72. The predicted molar refractivity (Wildman–Crippen MR) is 70.7 cm³/mol. The molecule has 1 saturated heterocycles. The van der Waals surface area contributed by atoms with Gasteiger partial charge in [-0.15, -0.1) is 0 Å². The van der Waals surface area contributed by atoms with Crippen molar-refractivity contribution in [1.29, 1.82) is 0 Å². The Labute approximate surface area is 99.2 Å². The van der Waals surface area contributed by atoms with E-state index in [0.717, 1.165) is 17.8 Å². The van der Waals surface area contributed by atoms with Crippen LogP contribution in [0.4, 0.5) is 0 Å². The van der Waals surface area contributed by atoms with E-state index >= 15 is 0 Å². The molecule has 90 valence electrons. The molecular formula is C12H26N2S. The van der Waals surface area contributed by atoms with Gasteiger partial charge in [0.05, 0.1) is 0 Å². The molecule has 15 heavy (non-hydrogen) atoms. The van der Waals surface area contributed by atoms with E-state index in [4.69, 9.17) is 0 Å². The maximum Gasteiger partial charge on any atom is 0.0141 e. The number of thioether (sulfide) groups is 1. The second-order valence-electron chi connectivity index (χ2n) is 4.67. The largest absolute Gasteiger partial charge is 0.316 e. The molecule has 3 heteroatoms. The summed E-state index contributed by atoms with van der Waals surface area (Å²) in [7, 11) is 2.27. The third kappa shape index (κ3) is 5.23. The summed E-state index contributed by atoms with van der Waals surface area (Å²) in [5, 5.41) is 4.30. The Bertz CT molecular complexity index is 164. The molecule has 1 rings (SSSR count). The molecule has 0 aliphatic carbocycles. The quantitative estimate of drug-likeness (QED) is 0.704. The Kier molecular flexibility index (Phi) is 6.69. The summed E-state index contributed by atoms with van der Waals surface area (Å²) < 4.78 is 0. The average Bonchev–Trinajstić information content (AvgIpc) is 2.26. The molecule has 2 atom stereocenters. The molecule has 1 fully saturated rings. The van der Waals surface area contributed by atoms with Crippen molar-refractivity contribution < 1.29 is 0 Å². The number of rotatable bonds is 6. The van der Waals surface area contributed by atoms with Crippen LogP contribution in [0.1, 0.15) is 32.6 Å². The molecule has 0 amide bonds. The highest BCUT2D eigenvalue weighted by molar-refractivity contribution is 7.99. The molecule has 0 aromatic heterocycles. The van der Waals surface area contributed by atoms with Crippen LogP contribution in [0.2, 0.25) is 0 Å². The summed E-state index contributed by atoms with van der Waals surface area (Å²) >= 11 is 1.94. The van der Waals surface area contributed by atoms with E-state index in [1.165, 1.54) is 38.8 Å². The Morgan fingerprint density at radius 2 is 2.27 bits per heavy atom. The van der Waals surface area contributed by atoms with Crippen molar-refractivity contribution in [2.45, 2.75) is 43.9 Å². The smallest absolute Gasteiger partial charge is 0.0141 e. The first-order chi connectivity index (χ1) is 7.24. The van der Waals surface area contributed by atoms with Crippen molar-refractivity contribution in [2.24, 2.45) is 0 Å². The van der Waals surface area contributed by atoms with Crippen molar-refractivity contribution in [3.05, 3.63) is 0 Å². The molecule has 1 aliphatic rings. The molecule has 0 spiro atoms. The fraction of sp³-hybridized carbons (Fsp3) is 1.00. The fourth-order valence-electron chi connectivity index (χ4n) is 2.17. The standard InChI is InChI=1S/C12H26N2S/c1-11(15-3)10-13-8-7-12-6-4-5-9-14(12)2/h11-13H,4-10H2,1-3H3. The molecular weight excluding hydrogens is 204 g/mol. The third-order valence-electron chi connectivity index (χ3n) is 3.41. The molecule has 1 heterocycles. The van der Waals surface area contributed by atoms with Crippen LogP contribution < -0.4 is 5.32 Å². The van der Waals surface area contributed by atoms with Crippen molar-refractivity contribution in [3.8, 4) is 0 Å². The van der Waals surface area contributed by atoms with Crippen LogP contribution in [0.25, 0.3) is 0 Å². The van der Waals surface area contributed by atoms with Crippen LogP contribution in [0.3, 0.4) is 0 Å². The molecule has 1 aliphatic heterocycles. The van der Waals surface area contributed by atoms with Crippen LogP contribution in [0.5, 0.6) is 0 Å². The first kappa shape index (κ1) is 13.3. The van der Waals surface area contributed by atoms with Gasteiger partial charge < -0.3 is 10.2 Å². The number of likely N-dealkylation sites (tertiary alicyclic amines) is 1. The van der Waals surface area contributed by atoms with E-state index in [1.54, 1.807) is 0 Å². The fourth-order valence-corrected chi connectivity index (χ4v) is 2.45. The Morgan fingerprint density at radius 3 is 2.93 bits per heavy atom. The van der Waals surface area contributed by atoms with Gasteiger partial charge in [-0.1, -0.05) is 13.3 Å². The van der Waals surface area contributed by atoms with Crippen LogP contribution in [-0.4, -0.2) is 49.1 Å². The molecule has 2 unspecified atom stereocenters. The minimum atomic E-state index is 0.745. The molecule has 2 nitrogen and oxygen atoms in total. The van der Waals surface area contributed by atoms with E-state index in [2.05, 4.69) is 30.4 Å². The lowest BCUT2D eigenvalue weighted by Crippen LogP contribution is -2.38. The van der Waals surface area contributed by atoms with Crippen molar-refractivity contribution in [2.75, 3.05) is 32.9 Å². The molecule has 1 N–H and O–H groups in total. The summed E-state index contributed by atoms with van der Waals surface area (Å²) in [5.41, 5.74) is 0. The van der Waals surface area contributed by atoms with Crippen molar-refractivity contribution in [3.63, 3.8) is 0 Å². The van der Waals surface area contributed by atoms with Gasteiger partial charge in [0, 0.05) is 17.8 Å². The topological polar surface area (TPSA) is 15.3 Å². The van der Waals surface area contributed by atoms with Gasteiger partial charge in [-0.2, -0.15) is 11.8 Å². The lowest BCUT2D eigenvalue weighted by molar-refractivity contribution is 0.175. The van der Waals surface area contributed by atoms with Gasteiger partial charge in [0.1, 0.15) is 0 Å². The third-order valence-corrected chi connectivity index (χ3v) is 4.38. The average molecular weight is 230 g/mol. The first-order valence-corrected chi connectivity index (χ1v) is 7.46. The Hall–Kier alpha value is 0.270. The number of nitrogens with zero attached hydrogens (tertiary/aromatic N) is 1. The van der Waals surface area contributed by atoms with Crippen LogP contribution in [0, 0.1) is 0 Å². The van der Waals surface area contributed by atoms with Crippen molar-refractivity contribution >= 4 is 11.8 Å². The normalized spacial score (nSPS) is 25.4. The minimum absolute atomic E-state index is 0.745. The zero-order valence-corrected chi connectivity index (χ0v) is 11.3. The number of hydrogen-bond acceptors (Lipinski definition) is 3. The van der Waals surface area contributed by atoms with Crippen LogP contribution in [0.15, 0.2) is 0 Å². The van der Waals surface area contributed by atoms with Gasteiger partial charge in [-0.05, 0) is 45.7 Å². The summed E-state index contributed by atoms with van der Waals surface area (Å²) in [6.45, 7) is 5.91. The summed E-state index contributed by atoms with van der Waals surface area (Å²) in [4.78, 5) is 2.53. The number of hydrogen-bond donors (Lipinski definition) is 1. The number of nitrogens with one attached hydrogen (secondary N) is 1. The van der Waals surface area contributed by atoms with Gasteiger partial charge >= 0.3 is 0 Å². The Morgan fingerprint density at radius 1 is 1.47 bits per heavy atom. The number of piperidine rings is 1. The monoisotopic (exact) mass is 230 g/mol. The SMILES string of the molecule is CSC(C)CNCCC1CCCCN1C. The van der Waals surface area contributed by atoms with Crippen LogP contribution in [-0.2, 0) is 0 Å². The minimum Gasteiger partial charge on any atom is -0.316 e. The van der Waals surface area contributed by atoms with Gasteiger partial charge in [0.15, 0.2) is 0 Å². The van der Waals surface area contributed by atoms with E-state index in [1.807, 2.05) is 11.8 Å². The van der Waals surface area contributed by atoms with E-state index in [-0.39, 0.29) is 0 Å². The molecule has 0 aromatic carbocycles. The lowest BCUT2D eigenvalue weighted by atomic mass is 10.0. The second kappa shape index (κ2) is 7.53. The summed E-state index contributed by atoms with van der Waals surface area (Å²) in [5.74, 6) is 0. The highest BCUT2D eigenvalue weighted by Gasteiger charge is 2.17. The molecule has 0 bridgehead atoms. The second-order valence-corrected chi connectivity index (χ2v) is 5.95. The molecule has 0 saturated carbocycles. The highest BCUT2D eigenvalue weighted by atomic mass is 32.2. The zero-order chi connectivity index (χ0) is 11.1.